The van der Waals surface area contributed by atoms with Crippen LogP contribution >= 0.6 is 0 Å². The van der Waals surface area contributed by atoms with Crippen molar-refractivity contribution in [3.63, 3.8) is 0 Å². The third-order valence-corrected chi connectivity index (χ3v) is 2.70. The van der Waals surface area contributed by atoms with E-state index in [9.17, 15) is 0 Å². The van der Waals surface area contributed by atoms with Crippen molar-refractivity contribution >= 4 is 0 Å². The molecule has 96 valence electrons. The van der Waals surface area contributed by atoms with E-state index >= 15 is 0 Å². The van der Waals surface area contributed by atoms with Gasteiger partial charge in [-0.1, -0.05) is 64.5 Å². The van der Waals surface area contributed by atoms with E-state index in [1.54, 1.807) is 0 Å². The molecule has 0 aromatic heterocycles. The molecule has 0 aromatic carbocycles. The summed E-state index contributed by atoms with van der Waals surface area (Å²) in [6.07, 6.45) is 16.5. The lowest BCUT2D eigenvalue weighted by atomic mass is 10.1. The molecule has 0 radical (unpaired) electrons. The van der Waals surface area contributed by atoms with E-state index in [0.717, 1.165) is 19.6 Å². The third kappa shape index (κ3) is 13.7. The van der Waals surface area contributed by atoms with Gasteiger partial charge in [-0.25, -0.2) is 0 Å². The molecule has 0 bridgehead atoms. The maximum atomic E-state index is 5.37. The Bertz CT molecular complexity index is 140. The molecule has 1 nitrogen and oxygen atoms in total. The molecule has 0 fully saturated rings. The Kier molecular flexibility index (Phi) is 14.4. The van der Waals surface area contributed by atoms with E-state index in [1.807, 2.05) is 0 Å². The molecule has 1 heteroatoms. The largest absolute Gasteiger partial charge is 0.377 e. The molecule has 0 spiro atoms. The lowest BCUT2D eigenvalue weighted by molar-refractivity contribution is 0.163. The molecule has 16 heavy (non-hydrogen) atoms. The Hall–Kier alpha value is -0.300. The Balaban J connectivity index is 2.97. The number of rotatable bonds is 12. The van der Waals surface area contributed by atoms with Crippen molar-refractivity contribution in [3.05, 3.63) is 12.2 Å². The van der Waals surface area contributed by atoms with Crippen molar-refractivity contribution in [3.8, 4) is 0 Å². The zero-order valence-electron chi connectivity index (χ0n) is 11.3. The monoisotopic (exact) mass is 226 g/mol. The first-order chi connectivity index (χ1) is 7.91. The van der Waals surface area contributed by atoms with E-state index in [0.29, 0.717) is 0 Å². The zero-order chi connectivity index (χ0) is 11.9. The van der Waals surface area contributed by atoms with Crippen LogP contribution in [-0.2, 0) is 4.74 Å². The molecule has 0 saturated carbocycles. The molecule has 0 rings (SSSR count). The van der Waals surface area contributed by atoms with Gasteiger partial charge in [-0.15, -0.1) is 0 Å². The Morgan fingerprint density at radius 3 is 2.12 bits per heavy atom. The Morgan fingerprint density at radius 1 is 0.750 bits per heavy atom. The summed E-state index contributed by atoms with van der Waals surface area (Å²) in [5.41, 5.74) is 0. The lowest BCUT2D eigenvalue weighted by Crippen LogP contribution is -1.91. The fraction of sp³-hybridized carbons (Fsp3) is 0.867. The first kappa shape index (κ1) is 15.7. The molecule has 0 aliphatic carbocycles. The van der Waals surface area contributed by atoms with Gasteiger partial charge in [0.2, 0.25) is 0 Å². The van der Waals surface area contributed by atoms with Gasteiger partial charge in [-0.05, 0) is 19.3 Å². The molecular weight excluding hydrogens is 196 g/mol. The van der Waals surface area contributed by atoms with Gasteiger partial charge in [0.1, 0.15) is 0 Å². The number of unbranched alkanes of at least 4 members (excludes halogenated alkanes) is 7. The second kappa shape index (κ2) is 14.7. The van der Waals surface area contributed by atoms with Gasteiger partial charge in [0.05, 0.1) is 6.61 Å². The van der Waals surface area contributed by atoms with E-state index < -0.39 is 0 Å². The average molecular weight is 226 g/mol. The summed E-state index contributed by atoms with van der Waals surface area (Å²) in [6, 6.07) is 0. The summed E-state index contributed by atoms with van der Waals surface area (Å²) in [7, 11) is 0. The van der Waals surface area contributed by atoms with Crippen LogP contribution in [-0.4, -0.2) is 13.2 Å². The summed E-state index contributed by atoms with van der Waals surface area (Å²) in [5, 5.41) is 0. The smallest absolute Gasteiger partial charge is 0.0647 e. The highest BCUT2D eigenvalue weighted by Gasteiger charge is 1.89. The van der Waals surface area contributed by atoms with Gasteiger partial charge in [0.15, 0.2) is 0 Å². The number of hydrogen-bond donors (Lipinski definition) is 0. The normalized spacial score (nSPS) is 11.4. The molecule has 0 saturated heterocycles. The number of allylic oxidation sites excluding steroid dienone is 1. The predicted octanol–water partition coefficient (Wildman–Crippen LogP) is 5.11. The van der Waals surface area contributed by atoms with Crippen molar-refractivity contribution in [2.24, 2.45) is 0 Å². The minimum absolute atomic E-state index is 0.796. The van der Waals surface area contributed by atoms with Crippen molar-refractivity contribution < 1.29 is 4.74 Å². The van der Waals surface area contributed by atoms with Crippen LogP contribution in [0.15, 0.2) is 12.2 Å². The van der Waals surface area contributed by atoms with E-state index in [-0.39, 0.29) is 0 Å². The highest BCUT2D eigenvalue weighted by atomic mass is 16.5. The van der Waals surface area contributed by atoms with Crippen molar-refractivity contribution in [2.75, 3.05) is 13.2 Å². The maximum Gasteiger partial charge on any atom is 0.0647 e. The summed E-state index contributed by atoms with van der Waals surface area (Å²) >= 11 is 0. The maximum absolute atomic E-state index is 5.37. The van der Waals surface area contributed by atoms with Gasteiger partial charge in [0.25, 0.3) is 0 Å². The highest BCUT2D eigenvalue weighted by molar-refractivity contribution is 4.81. The standard InChI is InChI=1S/C15H30O/c1-3-5-6-7-8-9-10-11-12-13-15-16-14-4-2/h12-13H,3-11,14-15H2,1-2H3/b13-12+. The molecule has 0 aromatic rings. The van der Waals surface area contributed by atoms with Crippen LogP contribution in [0, 0.1) is 0 Å². The molecule has 0 atom stereocenters. The molecule has 0 unspecified atom stereocenters. The molecule has 0 amide bonds. The van der Waals surface area contributed by atoms with Gasteiger partial charge < -0.3 is 4.74 Å². The summed E-state index contributed by atoms with van der Waals surface area (Å²) in [4.78, 5) is 0. The third-order valence-electron chi connectivity index (χ3n) is 2.70. The number of hydrogen-bond acceptors (Lipinski definition) is 1. The van der Waals surface area contributed by atoms with Gasteiger partial charge in [0, 0.05) is 6.61 Å². The van der Waals surface area contributed by atoms with Crippen molar-refractivity contribution in [1.82, 2.24) is 0 Å². The van der Waals surface area contributed by atoms with Crippen LogP contribution < -0.4 is 0 Å². The second-order valence-corrected chi connectivity index (χ2v) is 4.46. The Labute approximate surface area is 102 Å². The molecule has 0 aliphatic heterocycles. The number of ether oxygens (including phenoxy) is 1. The van der Waals surface area contributed by atoms with Crippen LogP contribution in [0.25, 0.3) is 0 Å². The van der Waals surface area contributed by atoms with Gasteiger partial charge in [-0.3, -0.25) is 0 Å². The van der Waals surface area contributed by atoms with Crippen molar-refractivity contribution in [2.45, 2.75) is 71.6 Å². The fourth-order valence-electron chi connectivity index (χ4n) is 1.70. The van der Waals surface area contributed by atoms with E-state index in [1.165, 1.54) is 51.4 Å². The van der Waals surface area contributed by atoms with Gasteiger partial charge in [-0.2, -0.15) is 0 Å². The van der Waals surface area contributed by atoms with Crippen LogP contribution in [0.5, 0.6) is 0 Å². The first-order valence-corrected chi connectivity index (χ1v) is 7.14. The van der Waals surface area contributed by atoms with E-state index in [2.05, 4.69) is 26.0 Å². The average Bonchev–Trinajstić information content (AvgIpc) is 2.31. The quantitative estimate of drug-likeness (QED) is 0.332. The van der Waals surface area contributed by atoms with Crippen LogP contribution in [0.1, 0.15) is 71.6 Å². The van der Waals surface area contributed by atoms with Crippen LogP contribution in [0.3, 0.4) is 0 Å². The molecule has 0 N–H and O–H groups in total. The van der Waals surface area contributed by atoms with Gasteiger partial charge >= 0.3 is 0 Å². The van der Waals surface area contributed by atoms with Crippen LogP contribution in [0.4, 0.5) is 0 Å². The van der Waals surface area contributed by atoms with E-state index in [4.69, 9.17) is 4.74 Å². The Morgan fingerprint density at radius 2 is 1.44 bits per heavy atom. The molecular formula is C15H30O. The fourth-order valence-corrected chi connectivity index (χ4v) is 1.70. The van der Waals surface area contributed by atoms with Crippen LogP contribution in [0.2, 0.25) is 0 Å². The SMILES string of the molecule is CCCCCCCCC/C=C/COCCC. The minimum Gasteiger partial charge on any atom is -0.377 e. The summed E-state index contributed by atoms with van der Waals surface area (Å²) < 4.78 is 5.37. The summed E-state index contributed by atoms with van der Waals surface area (Å²) in [5.74, 6) is 0. The first-order valence-electron chi connectivity index (χ1n) is 7.14. The molecule has 0 heterocycles. The predicted molar refractivity (Wildman–Crippen MR) is 72.9 cm³/mol. The second-order valence-electron chi connectivity index (χ2n) is 4.46. The highest BCUT2D eigenvalue weighted by Crippen LogP contribution is 2.08. The minimum atomic E-state index is 0.796. The topological polar surface area (TPSA) is 9.23 Å². The lowest BCUT2D eigenvalue weighted by Gasteiger charge is -1.99. The molecule has 0 aliphatic rings. The van der Waals surface area contributed by atoms with Crippen molar-refractivity contribution in [1.29, 1.82) is 0 Å². The zero-order valence-corrected chi connectivity index (χ0v) is 11.3. The summed E-state index contributed by atoms with van der Waals surface area (Å²) in [6.45, 7) is 6.10.